The van der Waals surface area contributed by atoms with E-state index in [1.165, 1.54) is 7.11 Å². The summed E-state index contributed by atoms with van der Waals surface area (Å²) in [7, 11) is 0.352. The Labute approximate surface area is 150 Å². The number of esters is 2. The Morgan fingerprint density at radius 3 is 1.88 bits per heavy atom. The molecule has 0 amide bonds. The average molecular weight is 356 g/mol. The van der Waals surface area contributed by atoms with E-state index in [0.29, 0.717) is 0 Å². The normalized spacial score (nSPS) is 10.7. The monoisotopic (exact) mass is 356 g/mol. The Morgan fingerprint density at radius 2 is 1.44 bits per heavy atom. The van der Waals surface area contributed by atoms with Crippen LogP contribution in [0.2, 0.25) is 0 Å². The molecule has 2 aromatic carbocycles. The molecule has 0 bridgehead atoms. The van der Waals surface area contributed by atoms with Crippen molar-refractivity contribution >= 4 is 27.3 Å². The lowest BCUT2D eigenvalue weighted by atomic mass is 10.4. The molecule has 2 rings (SSSR count). The minimum absolute atomic E-state index is 0.00981. The number of hydrogen-bond acceptors (Lipinski definition) is 4. The van der Waals surface area contributed by atoms with Gasteiger partial charge in [-0.05, 0) is 31.2 Å². The van der Waals surface area contributed by atoms with E-state index in [4.69, 9.17) is 9.47 Å². The standard InChI is InChI=1S/C20H20O4S/c1-3-4-15-24-20(22)18(19(21)23-2)25(16-11-7-5-8-12-16)17-13-9-6-10-14-17/h3-14H,15H2,1-2H3. The fourth-order valence-electron chi connectivity index (χ4n) is 2.11. The zero-order valence-corrected chi connectivity index (χ0v) is 15.0. The van der Waals surface area contributed by atoms with Crippen LogP contribution in [0.5, 0.6) is 0 Å². The van der Waals surface area contributed by atoms with Crippen LogP contribution in [0.3, 0.4) is 0 Å². The topological polar surface area (TPSA) is 52.6 Å². The molecule has 0 aromatic heterocycles. The molecule has 0 aliphatic carbocycles. The molecule has 130 valence electrons. The van der Waals surface area contributed by atoms with E-state index >= 15 is 0 Å². The largest absolute Gasteiger partial charge is 0.465 e. The predicted molar refractivity (Wildman–Crippen MR) is 99.8 cm³/mol. The van der Waals surface area contributed by atoms with Gasteiger partial charge in [0.25, 0.3) is 0 Å². The quantitative estimate of drug-likeness (QED) is 0.342. The second kappa shape index (κ2) is 9.59. The highest BCUT2D eigenvalue weighted by molar-refractivity contribution is 8.18. The maximum absolute atomic E-state index is 12.6. The van der Waals surface area contributed by atoms with E-state index in [1.807, 2.05) is 67.6 Å². The lowest BCUT2D eigenvalue weighted by Gasteiger charge is -2.15. The maximum atomic E-state index is 12.6. The third-order valence-electron chi connectivity index (χ3n) is 3.26. The summed E-state index contributed by atoms with van der Waals surface area (Å²) in [6, 6.07) is 18.8. The summed E-state index contributed by atoms with van der Waals surface area (Å²) in [5.74, 6) is -1.34. The number of allylic oxidation sites excluding steroid dienone is 1. The van der Waals surface area contributed by atoms with Crippen LogP contribution in [-0.2, 0) is 19.1 Å². The number of methoxy groups -OCH3 is 1. The minimum atomic E-state index is -0.911. The fraction of sp³-hybridized carbons (Fsp3) is 0.150. The van der Waals surface area contributed by atoms with Gasteiger partial charge in [0, 0.05) is 9.79 Å². The van der Waals surface area contributed by atoms with Crippen molar-refractivity contribution in [3.05, 3.63) is 72.8 Å². The van der Waals surface area contributed by atoms with Gasteiger partial charge in [0.05, 0.1) is 7.11 Å². The first-order valence-electron chi connectivity index (χ1n) is 7.77. The molecule has 0 fully saturated rings. The summed E-state index contributed by atoms with van der Waals surface area (Å²) >= 11 is 0. The molecule has 0 atom stereocenters. The molecule has 0 saturated heterocycles. The van der Waals surface area contributed by atoms with Gasteiger partial charge in [-0.3, -0.25) is 0 Å². The Hall–Kier alpha value is -2.66. The number of benzene rings is 2. The van der Waals surface area contributed by atoms with Gasteiger partial charge < -0.3 is 9.47 Å². The molecule has 0 saturated carbocycles. The summed E-state index contributed by atoms with van der Waals surface area (Å²) in [6.45, 7) is 1.94. The summed E-state index contributed by atoms with van der Waals surface area (Å²) in [5.41, 5.74) is 0. The molecule has 25 heavy (non-hydrogen) atoms. The molecular weight excluding hydrogens is 336 g/mol. The van der Waals surface area contributed by atoms with Crippen LogP contribution in [0.1, 0.15) is 6.92 Å². The van der Waals surface area contributed by atoms with Crippen LogP contribution < -0.4 is 0 Å². The van der Waals surface area contributed by atoms with Crippen molar-refractivity contribution in [2.24, 2.45) is 0 Å². The molecule has 0 radical (unpaired) electrons. The number of ether oxygens (including phenoxy) is 2. The molecule has 5 heteroatoms. The van der Waals surface area contributed by atoms with Gasteiger partial charge in [0.1, 0.15) is 6.61 Å². The second-order valence-electron chi connectivity index (χ2n) is 4.92. The highest BCUT2D eigenvalue weighted by atomic mass is 32.2. The van der Waals surface area contributed by atoms with Gasteiger partial charge in [-0.2, -0.15) is 0 Å². The van der Waals surface area contributed by atoms with Crippen LogP contribution in [0, 0.1) is 0 Å². The summed E-state index contributed by atoms with van der Waals surface area (Å²) in [5, 5.41) is 0. The van der Waals surface area contributed by atoms with Crippen molar-refractivity contribution in [2.45, 2.75) is 16.7 Å². The van der Waals surface area contributed by atoms with Crippen LogP contribution in [0.15, 0.2) is 82.6 Å². The number of carbonyl (C=O) groups excluding carboxylic acids is 2. The SMILES string of the molecule is CC=CCOC(=O)C(C(=O)OC)=S(c1ccccc1)c1ccccc1. The lowest BCUT2D eigenvalue weighted by molar-refractivity contribution is -0.138. The second-order valence-corrected chi connectivity index (χ2v) is 6.88. The summed E-state index contributed by atoms with van der Waals surface area (Å²) < 4.78 is 10.1. The molecule has 0 N–H and O–H groups in total. The van der Waals surface area contributed by atoms with E-state index < -0.39 is 22.4 Å². The summed E-state index contributed by atoms with van der Waals surface area (Å²) in [6.07, 6.45) is 3.48. The van der Waals surface area contributed by atoms with Crippen LogP contribution in [-0.4, -0.2) is 30.5 Å². The van der Waals surface area contributed by atoms with Gasteiger partial charge >= 0.3 is 11.9 Å². The molecular formula is C20H20O4S. The maximum Gasteiger partial charge on any atom is 0.352 e. The highest BCUT2D eigenvalue weighted by Gasteiger charge is 2.26. The first-order chi connectivity index (χ1) is 12.2. The fourth-order valence-corrected chi connectivity index (χ4v) is 4.19. The Kier molecular flexibility index (Phi) is 7.16. The molecule has 2 aromatic rings. The van der Waals surface area contributed by atoms with Crippen LogP contribution in [0.25, 0.3) is 0 Å². The van der Waals surface area contributed by atoms with Crippen molar-refractivity contribution in [3.63, 3.8) is 0 Å². The van der Waals surface area contributed by atoms with Crippen molar-refractivity contribution in [3.8, 4) is 0 Å². The van der Waals surface area contributed by atoms with Gasteiger partial charge in [-0.15, -0.1) is 10.5 Å². The van der Waals surface area contributed by atoms with Crippen molar-refractivity contribution < 1.29 is 19.1 Å². The smallest absolute Gasteiger partial charge is 0.352 e. The first-order valence-corrected chi connectivity index (χ1v) is 8.99. The van der Waals surface area contributed by atoms with Crippen LogP contribution >= 0.6 is 10.5 Å². The molecule has 0 aliphatic rings. The van der Waals surface area contributed by atoms with E-state index in [0.717, 1.165) is 9.79 Å². The zero-order chi connectivity index (χ0) is 18.1. The van der Waals surface area contributed by atoms with E-state index in [2.05, 4.69) is 0 Å². The van der Waals surface area contributed by atoms with Gasteiger partial charge in [-0.1, -0.05) is 48.6 Å². The van der Waals surface area contributed by atoms with Crippen molar-refractivity contribution in [1.82, 2.24) is 0 Å². The lowest BCUT2D eigenvalue weighted by Crippen LogP contribution is -2.28. The van der Waals surface area contributed by atoms with E-state index in [1.54, 1.807) is 12.2 Å². The molecule has 0 aliphatic heterocycles. The van der Waals surface area contributed by atoms with Crippen molar-refractivity contribution in [1.29, 1.82) is 0 Å². The van der Waals surface area contributed by atoms with E-state index in [-0.39, 0.29) is 11.5 Å². The Balaban J connectivity index is 2.65. The van der Waals surface area contributed by atoms with Crippen LogP contribution in [0.4, 0.5) is 0 Å². The molecule has 0 unspecified atom stereocenters. The Bertz CT molecular complexity index is 738. The number of carbonyl (C=O) groups is 2. The van der Waals surface area contributed by atoms with Gasteiger partial charge in [0.2, 0.25) is 0 Å². The molecule has 0 spiro atoms. The predicted octanol–water partition coefficient (Wildman–Crippen LogP) is 3.84. The average Bonchev–Trinajstić information content (AvgIpc) is 2.67. The van der Waals surface area contributed by atoms with E-state index in [9.17, 15) is 9.59 Å². The number of rotatable bonds is 6. The molecule has 0 heterocycles. The third-order valence-corrected chi connectivity index (χ3v) is 5.49. The van der Waals surface area contributed by atoms with Crippen molar-refractivity contribution in [2.75, 3.05) is 13.7 Å². The zero-order valence-electron chi connectivity index (χ0n) is 14.2. The van der Waals surface area contributed by atoms with Gasteiger partial charge in [0.15, 0.2) is 4.86 Å². The number of hydrogen-bond donors (Lipinski definition) is 0. The first kappa shape index (κ1) is 18.7. The highest BCUT2D eigenvalue weighted by Crippen LogP contribution is 2.37. The molecule has 4 nitrogen and oxygen atoms in total. The summed E-state index contributed by atoms with van der Waals surface area (Å²) in [4.78, 5) is 26.7. The Morgan fingerprint density at radius 1 is 0.920 bits per heavy atom. The third kappa shape index (κ3) is 4.90. The minimum Gasteiger partial charge on any atom is -0.465 e. The van der Waals surface area contributed by atoms with Gasteiger partial charge in [-0.25, -0.2) is 9.59 Å².